The Labute approximate surface area is 243 Å². The van der Waals surface area contributed by atoms with Crippen LogP contribution in [0.4, 0.5) is 0 Å². The summed E-state index contributed by atoms with van der Waals surface area (Å²) in [5.74, 6) is 1.98. The largest absolute Gasteiger partial charge is 0.493 e. The summed E-state index contributed by atoms with van der Waals surface area (Å²) in [5.41, 5.74) is 2.74. The van der Waals surface area contributed by atoms with Crippen LogP contribution in [0.25, 0.3) is 0 Å². The Balaban J connectivity index is 1.42. The van der Waals surface area contributed by atoms with Crippen molar-refractivity contribution in [1.82, 2.24) is 14.7 Å². The number of unbranched alkanes of at least 4 members (excludes halogenated alkanes) is 2. The number of carbonyl (C=O) groups is 2. The molecule has 7 nitrogen and oxygen atoms in total. The highest BCUT2D eigenvalue weighted by molar-refractivity contribution is 5.79. The van der Waals surface area contributed by atoms with Gasteiger partial charge in [-0.1, -0.05) is 39.3 Å². The van der Waals surface area contributed by atoms with Crippen molar-refractivity contribution >= 4 is 11.8 Å². The molecule has 2 amide bonds. The van der Waals surface area contributed by atoms with Crippen LogP contribution in [0.1, 0.15) is 82.8 Å². The zero-order valence-electron chi connectivity index (χ0n) is 26.2. The molecule has 0 spiro atoms. The quantitative estimate of drug-likeness (QED) is 0.250. The second kappa shape index (κ2) is 13.2. The highest BCUT2D eigenvalue weighted by atomic mass is 16.5. The van der Waals surface area contributed by atoms with Gasteiger partial charge in [-0.2, -0.15) is 0 Å². The second-order valence-corrected chi connectivity index (χ2v) is 14.4. The molecule has 0 saturated carbocycles. The summed E-state index contributed by atoms with van der Waals surface area (Å²) >= 11 is 0. The first kappa shape index (κ1) is 30.8. The van der Waals surface area contributed by atoms with Crippen molar-refractivity contribution in [3.63, 3.8) is 0 Å². The first-order valence-electron chi connectivity index (χ1n) is 15.8. The van der Waals surface area contributed by atoms with Gasteiger partial charge in [-0.05, 0) is 60.6 Å². The molecule has 2 atom stereocenters. The van der Waals surface area contributed by atoms with E-state index in [2.05, 4.69) is 74.8 Å². The maximum Gasteiger partial charge on any atom is 0.236 e. The fourth-order valence-corrected chi connectivity index (χ4v) is 6.74. The van der Waals surface area contributed by atoms with Crippen LogP contribution in [0, 0.1) is 5.41 Å². The van der Waals surface area contributed by atoms with Gasteiger partial charge in [0.05, 0.1) is 40.8 Å². The van der Waals surface area contributed by atoms with Gasteiger partial charge >= 0.3 is 0 Å². The van der Waals surface area contributed by atoms with Gasteiger partial charge in [0.25, 0.3) is 0 Å². The lowest BCUT2D eigenvalue weighted by molar-refractivity contribution is -0.870. The topological polar surface area (TPSA) is 53.1 Å². The van der Waals surface area contributed by atoms with Crippen LogP contribution in [-0.4, -0.2) is 111 Å². The predicted octanol–water partition coefficient (Wildman–Crippen LogP) is 4.54. The Morgan fingerprint density at radius 2 is 1.93 bits per heavy atom. The molecule has 0 aromatic heterocycles. The third-order valence-electron chi connectivity index (χ3n) is 9.03. The molecule has 0 N–H and O–H groups in total. The van der Waals surface area contributed by atoms with Crippen molar-refractivity contribution in [2.24, 2.45) is 5.41 Å². The first-order valence-corrected chi connectivity index (χ1v) is 15.8. The predicted molar refractivity (Wildman–Crippen MR) is 162 cm³/mol. The van der Waals surface area contributed by atoms with Gasteiger partial charge in [-0.15, -0.1) is 0 Å². The van der Waals surface area contributed by atoms with Gasteiger partial charge in [0.15, 0.2) is 0 Å². The first-order chi connectivity index (χ1) is 18.9. The molecular weight excluding hydrogens is 500 g/mol. The van der Waals surface area contributed by atoms with Crippen molar-refractivity contribution in [1.29, 1.82) is 0 Å². The fourth-order valence-electron chi connectivity index (χ4n) is 6.74. The lowest BCUT2D eigenvalue weighted by atomic mass is 9.93. The van der Waals surface area contributed by atoms with E-state index in [-0.39, 0.29) is 17.2 Å². The number of ether oxygens (including phenoxy) is 1. The molecule has 40 heavy (non-hydrogen) atoms. The van der Waals surface area contributed by atoms with Crippen LogP contribution in [0.15, 0.2) is 18.2 Å². The monoisotopic (exact) mass is 555 g/mol. The van der Waals surface area contributed by atoms with E-state index in [4.69, 9.17) is 4.74 Å². The number of fused-ring (bicyclic) bond motifs is 1. The number of likely N-dealkylation sites (tertiary alicyclic amines) is 2. The van der Waals surface area contributed by atoms with Crippen LogP contribution >= 0.6 is 0 Å². The Kier molecular flexibility index (Phi) is 10.2. The number of amides is 2. The molecule has 0 unspecified atom stereocenters. The fraction of sp³-hybridized carbons (Fsp3) is 0.758. The van der Waals surface area contributed by atoms with E-state index in [0.717, 1.165) is 101 Å². The number of rotatable bonds is 14. The smallest absolute Gasteiger partial charge is 0.236 e. The summed E-state index contributed by atoms with van der Waals surface area (Å²) in [6.45, 7) is 13.2. The van der Waals surface area contributed by atoms with Gasteiger partial charge < -0.3 is 19.0 Å². The minimum atomic E-state index is 0.0586. The molecular formula is C33H55N4O3+. The Morgan fingerprint density at radius 1 is 1.15 bits per heavy atom. The van der Waals surface area contributed by atoms with Crippen LogP contribution in [-0.2, 0) is 16.0 Å². The van der Waals surface area contributed by atoms with Gasteiger partial charge in [-0.25, -0.2) is 0 Å². The third-order valence-corrected chi connectivity index (χ3v) is 9.03. The number of benzene rings is 1. The molecule has 3 heterocycles. The van der Waals surface area contributed by atoms with E-state index >= 15 is 0 Å². The number of hydrogen-bond acceptors (Lipinski definition) is 4. The van der Waals surface area contributed by atoms with Crippen LogP contribution in [0.2, 0.25) is 0 Å². The molecule has 224 valence electrons. The molecule has 4 rings (SSSR count). The second-order valence-electron chi connectivity index (χ2n) is 14.4. The molecule has 3 aliphatic heterocycles. The van der Waals surface area contributed by atoms with Crippen LogP contribution in [0.5, 0.6) is 5.75 Å². The number of hydrogen-bond donors (Lipinski definition) is 0. The Hall–Kier alpha value is -2.12. The van der Waals surface area contributed by atoms with E-state index in [1.165, 1.54) is 11.1 Å². The summed E-state index contributed by atoms with van der Waals surface area (Å²) in [5, 5.41) is 0. The maximum atomic E-state index is 13.7. The molecule has 1 aromatic carbocycles. The molecule has 3 aliphatic rings. The summed E-state index contributed by atoms with van der Waals surface area (Å²) in [6.07, 6.45) is 7.93. The molecule has 0 radical (unpaired) electrons. The van der Waals surface area contributed by atoms with E-state index < -0.39 is 0 Å². The summed E-state index contributed by atoms with van der Waals surface area (Å²) < 4.78 is 6.72. The van der Waals surface area contributed by atoms with Gasteiger partial charge in [0.1, 0.15) is 5.75 Å². The van der Waals surface area contributed by atoms with Crippen molar-refractivity contribution in [2.45, 2.75) is 84.1 Å². The zero-order valence-corrected chi connectivity index (χ0v) is 26.2. The maximum absolute atomic E-state index is 13.7. The van der Waals surface area contributed by atoms with E-state index in [1.54, 1.807) is 0 Å². The minimum Gasteiger partial charge on any atom is -0.493 e. The van der Waals surface area contributed by atoms with Crippen LogP contribution in [0.3, 0.4) is 0 Å². The average Bonchev–Trinajstić information content (AvgIpc) is 3.57. The highest BCUT2D eigenvalue weighted by Crippen LogP contribution is 2.37. The SMILES string of the molecule is CCCCN(CCCC[N+](C)(C)C)C(=O)CN1C[C@H](c2ccc3c(c2)CCO3)C[C@@H]1CCN1CC(C)(C)CC1=O. The average molecular weight is 556 g/mol. The highest BCUT2D eigenvalue weighted by Gasteiger charge is 2.38. The lowest BCUT2D eigenvalue weighted by Gasteiger charge is -2.30. The van der Waals surface area contributed by atoms with Gasteiger partial charge in [0.2, 0.25) is 11.8 Å². The van der Waals surface area contributed by atoms with Gasteiger partial charge in [0, 0.05) is 51.6 Å². The minimum absolute atomic E-state index is 0.0586. The Morgan fingerprint density at radius 3 is 2.62 bits per heavy atom. The zero-order chi connectivity index (χ0) is 28.9. The number of carbonyl (C=O) groups excluding carboxylic acids is 2. The third kappa shape index (κ3) is 8.45. The number of quaternary nitrogens is 1. The molecule has 1 aromatic rings. The summed E-state index contributed by atoms with van der Waals surface area (Å²) in [6, 6.07) is 7.00. The van der Waals surface area contributed by atoms with E-state index in [1.807, 2.05) is 0 Å². The van der Waals surface area contributed by atoms with Crippen LogP contribution < -0.4 is 4.74 Å². The van der Waals surface area contributed by atoms with E-state index in [9.17, 15) is 9.59 Å². The van der Waals surface area contributed by atoms with Crippen molar-refractivity contribution in [3.8, 4) is 5.75 Å². The molecule has 0 aliphatic carbocycles. The standard InChI is InChI=1S/C33H55N4O3/c1-7-8-15-34(16-9-10-18-37(4,5)6)32(39)24-36-23-28(26-11-12-30-27(20-26)14-19-40-30)21-29(36)13-17-35-25-33(2,3)22-31(35)38/h11-12,20,28-29H,7-10,13-19,21-25H2,1-6H3/q+1/t28-,29+/m1/s1. The summed E-state index contributed by atoms with van der Waals surface area (Å²) in [4.78, 5) is 33.0. The molecule has 2 saturated heterocycles. The lowest BCUT2D eigenvalue weighted by Crippen LogP contribution is -2.44. The van der Waals surface area contributed by atoms with E-state index in [0.29, 0.717) is 24.9 Å². The Bertz CT molecular complexity index is 1020. The van der Waals surface area contributed by atoms with Crippen molar-refractivity contribution < 1.29 is 18.8 Å². The molecule has 7 heteroatoms. The molecule has 0 bridgehead atoms. The summed E-state index contributed by atoms with van der Waals surface area (Å²) in [7, 11) is 6.69. The van der Waals surface area contributed by atoms with Gasteiger partial charge in [-0.3, -0.25) is 14.5 Å². The normalized spacial score (nSPS) is 22.6. The molecule has 2 fully saturated rings. The van der Waals surface area contributed by atoms with Crippen molar-refractivity contribution in [3.05, 3.63) is 29.3 Å². The number of nitrogens with zero attached hydrogens (tertiary/aromatic N) is 4. The van der Waals surface area contributed by atoms with Crippen molar-refractivity contribution in [2.75, 3.05) is 73.6 Å².